The Hall–Kier alpha value is -2.19. The summed E-state index contributed by atoms with van der Waals surface area (Å²) < 4.78 is 16.5. The van der Waals surface area contributed by atoms with Gasteiger partial charge in [0.1, 0.15) is 30.8 Å². The Morgan fingerprint density at radius 2 is 1.43 bits per heavy atom. The van der Waals surface area contributed by atoms with E-state index in [0.717, 1.165) is 11.3 Å². The Kier molecular flexibility index (Phi) is 9.52. The van der Waals surface area contributed by atoms with Gasteiger partial charge in [-0.2, -0.15) is 0 Å². The molecular weight excluding hydrogens is 400 g/mol. The van der Waals surface area contributed by atoms with Crippen LogP contribution in [0.15, 0.2) is 48.5 Å². The molecule has 4 nitrogen and oxygen atoms in total. The molecule has 0 aliphatic carbocycles. The number of ether oxygens (including phenoxy) is 3. The quantitative estimate of drug-likeness (QED) is 0.302. The first-order valence-corrected chi connectivity index (χ1v) is 10.6. The molecule has 0 saturated heterocycles. The summed E-state index contributed by atoms with van der Waals surface area (Å²) in [6, 6.07) is 16.1. The average Bonchev–Trinajstić information content (AvgIpc) is 2.76. The number of rotatable bonds is 12. The zero-order chi connectivity index (χ0) is 22.0. The fraction of sp³-hybridized carbons (Fsp3) is 0.440. The third-order valence-electron chi connectivity index (χ3n) is 4.89. The van der Waals surface area contributed by atoms with Gasteiger partial charge in [-0.1, -0.05) is 51.0 Å². The number of hydrogen-bond acceptors (Lipinski definition) is 4. The largest absolute Gasteiger partial charge is 0.493 e. The highest BCUT2D eigenvalue weighted by Crippen LogP contribution is 2.33. The summed E-state index contributed by atoms with van der Waals surface area (Å²) in [5.41, 5.74) is 2.18. The van der Waals surface area contributed by atoms with E-state index in [-0.39, 0.29) is 25.2 Å². The number of alkyl halides is 1. The molecule has 2 atom stereocenters. The van der Waals surface area contributed by atoms with Crippen molar-refractivity contribution in [3.8, 4) is 23.8 Å². The van der Waals surface area contributed by atoms with Crippen molar-refractivity contribution in [1.29, 1.82) is 0 Å². The fourth-order valence-corrected chi connectivity index (χ4v) is 2.97. The van der Waals surface area contributed by atoms with Crippen LogP contribution in [0.25, 0.3) is 0 Å². The molecule has 2 aromatic rings. The Balaban J connectivity index is 1.95. The van der Waals surface area contributed by atoms with Gasteiger partial charge in [0.15, 0.2) is 0 Å². The SMILES string of the molecule is C#CCOCC(O)COc1ccc(C(C)(C)c2ccc(OCC(C)CCl)cc2)cc1. The van der Waals surface area contributed by atoms with Gasteiger partial charge in [-0.3, -0.25) is 0 Å². The van der Waals surface area contributed by atoms with E-state index in [9.17, 15) is 5.11 Å². The highest BCUT2D eigenvalue weighted by Gasteiger charge is 2.23. The second kappa shape index (κ2) is 11.9. The maximum Gasteiger partial charge on any atom is 0.119 e. The summed E-state index contributed by atoms with van der Waals surface area (Å²) in [6.45, 7) is 7.52. The summed E-state index contributed by atoms with van der Waals surface area (Å²) in [5, 5.41) is 9.84. The monoisotopic (exact) mass is 430 g/mol. The van der Waals surface area contributed by atoms with Gasteiger partial charge in [0.05, 0.1) is 13.2 Å². The van der Waals surface area contributed by atoms with Gasteiger partial charge in [-0.25, -0.2) is 0 Å². The first kappa shape index (κ1) is 24.1. The van der Waals surface area contributed by atoms with E-state index in [1.807, 2.05) is 36.4 Å². The zero-order valence-electron chi connectivity index (χ0n) is 17.9. The van der Waals surface area contributed by atoms with Gasteiger partial charge in [0.25, 0.3) is 0 Å². The van der Waals surface area contributed by atoms with Crippen LogP contribution in [0.2, 0.25) is 0 Å². The standard InChI is InChI=1S/C25H31ClO4/c1-5-14-28-17-22(27)18-30-24-12-8-21(9-13-24)25(3,4)20-6-10-23(11-7-20)29-16-19(2)15-26/h1,6-13,19,22,27H,14-18H2,2-4H3. The third-order valence-corrected chi connectivity index (χ3v) is 5.41. The molecule has 0 spiro atoms. The summed E-state index contributed by atoms with van der Waals surface area (Å²) in [6.07, 6.45) is 4.39. The Bertz CT molecular complexity index is 793. The second-order valence-corrected chi connectivity index (χ2v) is 8.24. The molecule has 0 radical (unpaired) electrons. The molecule has 2 rings (SSSR count). The van der Waals surface area contributed by atoms with E-state index in [1.54, 1.807) is 0 Å². The van der Waals surface area contributed by atoms with Crippen molar-refractivity contribution in [2.24, 2.45) is 5.92 Å². The van der Waals surface area contributed by atoms with Crippen molar-refractivity contribution in [2.45, 2.75) is 32.3 Å². The van der Waals surface area contributed by atoms with Crippen LogP contribution in [0.4, 0.5) is 0 Å². The van der Waals surface area contributed by atoms with E-state index >= 15 is 0 Å². The van der Waals surface area contributed by atoms with Crippen LogP contribution in [-0.2, 0) is 10.2 Å². The highest BCUT2D eigenvalue weighted by atomic mass is 35.5. The number of halogens is 1. The fourth-order valence-electron chi connectivity index (χ4n) is 2.88. The van der Waals surface area contributed by atoms with Crippen molar-refractivity contribution >= 4 is 11.6 Å². The normalized spacial score (nSPS) is 13.3. The van der Waals surface area contributed by atoms with Gasteiger partial charge >= 0.3 is 0 Å². The molecule has 0 aliphatic rings. The molecule has 5 heteroatoms. The minimum Gasteiger partial charge on any atom is -0.493 e. The molecular formula is C25H31ClO4. The molecule has 2 aromatic carbocycles. The molecule has 0 fully saturated rings. The third kappa shape index (κ3) is 7.25. The summed E-state index contributed by atoms with van der Waals surface area (Å²) in [4.78, 5) is 0. The van der Waals surface area contributed by atoms with E-state index in [4.69, 9.17) is 32.2 Å². The van der Waals surface area contributed by atoms with Crippen LogP contribution >= 0.6 is 11.6 Å². The zero-order valence-corrected chi connectivity index (χ0v) is 18.7. The summed E-state index contributed by atoms with van der Waals surface area (Å²) in [7, 11) is 0. The summed E-state index contributed by atoms with van der Waals surface area (Å²) >= 11 is 5.83. The van der Waals surface area contributed by atoms with Crippen molar-refractivity contribution in [2.75, 3.05) is 32.3 Å². The van der Waals surface area contributed by atoms with Crippen LogP contribution in [0, 0.1) is 18.3 Å². The maximum atomic E-state index is 9.84. The molecule has 0 heterocycles. The first-order valence-electron chi connectivity index (χ1n) is 10.1. The van der Waals surface area contributed by atoms with E-state index < -0.39 is 6.10 Å². The average molecular weight is 431 g/mol. The summed E-state index contributed by atoms with van der Waals surface area (Å²) in [5.74, 6) is 4.81. The molecule has 0 aliphatic heterocycles. The van der Waals surface area contributed by atoms with Crippen molar-refractivity contribution in [1.82, 2.24) is 0 Å². The number of hydrogen-bond donors (Lipinski definition) is 1. The molecule has 0 amide bonds. The number of terminal acetylenes is 1. The van der Waals surface area contributed by atoms with Crippen molar-refractivity contribution in [3.63, 3.8) is 0 Å². The topological polar surface area (TPSA) is 47.9 Å². The lowest BCUT2D eigenvalue weighted by Gasteiger charge is -2.26. The van der Waals surface area contributed by atoms with E-state index in [2.05, 4.69) is 38.8 Å². The van der Waals surface area contributed by atoms with Gasteiger partial charge in [0, 0.05) is 17.2 Å². The highest BCUT2D eigenvalue weighted by molar-refractivity contribution is 6.18. The molecule has 0 aromatic heterocycles. The lowest BCUT2D eigenvalue weighted by atomic mass is 9.78. The van der Waals surface area contributed by atoms with Crippen LogP contribution < -0.4 is 9.47 Å². The van der Waals surface area contributed by atoms with Crippen molar-refractivity contribution < 1.29 is 19.3 Å². The Morgan fingerprint density at radius 1 is 0.933 bits per heavy atom. The number of aliphatic hydroxyl groups is 1. The van der Waals surface area contributed by atoms with Crippen LogP contribution in [0.1, 0.15) is 31.9 Å². The molecule has 162 valence electrons. The van der Waals surface area contributed by atoms with Crippen molar-refractivity contribution in [3.05, 3.63) is 59.7 Å². The first-order chi connectivity index (χ1) is 14.4. The van der Waals surface area contributed by atoms with Gasteiger partial charge < -0.3 is 19.3 Å². The number of aliphatic hydroxyl groups excluding tert-OH is 1. The predicted octanol–water partition coefficient (Wildman–Crippen LogP) is 4.66. The molecule has 30 heavy (non-hydrogen) atoms. The molecule has 2 unspecified atom stereocenters. The number of benzene rings is 2. The van der Waals surface area contributed by atoms with Gasteiger partial charge in [0.2, 0.25) is 0 Å². The molecule has 1 N–H and O–H groups in total. The molecule has 0 bridgehead atoms. The Morgan fingerprint density at radius 3 is 1.90 bits per heavy atom. The molecule has 0 saturated carbocycles. The van der Waals surface area contributed by atoms with Crippen LogP contribution in [-0.4, -0.2) is 43.5 Å². The predicted molar refractivity (Wildman–Crippen MR) is 122 cm³/mol. The van der Waals surface area contributed by atoms with E-state index in [0.29, 0.717) is 24.2 Å². The Labute approximate surface area is 185 Å². The van der Waals surface area contributed by atoms with E-state index in [1.165, 1.54) is 5.56 Å². The maximum absolute atomic E-state index is 9.84. The second-order valence-electron chi connectivity index (χ2n) is 7.93. The lowest BCUT2D eigenvalue weighted by Crippen LogP contribution is -2.23. The van der Waals surface area contributed by atoms with Gasteiger partial charge in [-0.05, 0) is 35.4 Å². The minimum absolute atomic E-state index is 0.150. The minimum atomic E-state index is -0.720. The van der Waals surface area contributed by atoms with Crippen LogP contribution in [0.3, 0.4) is 0 Å². The lowest BCUT2D eigenvalue weighted by molar-refractivity contribution is 0.0229. The van der Waals surface area contributed by atoms with Gasteiger partial charge in [-0.15, -0.1) is 18.0 Å². The van der Waals surface area contributed by atoms with Crippen LogP contribution in [0.5, 0.6) is 11.5 Å². The smallest absolute Gasteiger partial charge is 0.119 e.